The lowest BCUT2D eigenvalue weighted by Gasteiger charge is -2.11. The van der Waals surface area contributed by atoms with E-state index in [4.69, 9.17) is 0 Å². The van der Waals surface area contributed by atoms with Crippen LogP contribution < -0.4 is 0 Å². The molecule has 0 aromatic carbocycles. The van der Waals surface area contributed by atoms with Crippen molar-refractivity contribution in [2.24, 2.45) is 5.92 Å². The van der Waals surface area contributed by atoms with Crippen molar-refractivity contribution in [3.05, 3.63) is 0 Å². The Morgan fingerprint density at radius 2 is 0.556 bits per heavy atom. The molecule has 1 atom stereocenters. The van der Waals surface area contributed by atoms with E-state index in [0.29, 0.717) is 0 Å². The van der Waals surface area contributed by atoms with Crippen LogP contribution in [0.4, 0.5) is 0 Å². The minimum atomic E-state index is 0.970. The summed E-state index contributed by atoms with van der Waals surface area (Å²) in [5, 5.41) is 0. The molecule has 0 fully saturated rings. The van der Waals surface area contributed by atoms with Crippen molar-refractivity contribution >= 4 is 0 Å². The maximum atomic E-state index is 2.49. The van der Waals surface area contributed by atoms with Crippen LogP contribution in [-0.2, 0) is 0 Å². The number of hydrogen-bond acceptors (Lipinski definition) is 0. The topological polar surface area (TPSA) is 0 Å². The molecule has 0 rings (SSSR count). The molecule has 0 aromatic heterocycles. The van der Waals surface area contributed by atoms with Crippen LogP contribution in [0.5, 0.6) is 0 Å². The van der Waals surface area contributed by atoms with Gasteiger partial charge in [-0.3, -0.25) is 0 Å². The van der Waals surface area contributed by atoms with Crippen LogP contribution in [0, 0.1) is 5.92 Å². The van der Waals surface area contributed by atoms with Crippen molar-refractivity contribution in [1.82, 2.24) is 0 Å². The largest absolute Gasteiger partial charge is 0.0654 e. The van der Waals surface area contributed by atoms with Gasteiger partial charge in [-0.25, -0.2) is 0 Å². The van der Waals surface area contributed by atoms with Crippen LogP contribution in [0.1, 0.15) is 168 Å². The van der Waals surface area contributed by atoms with Gasteiger partial charge in [0, 0.05) is 0 Å². The summed E-state index contributed by atoms with van der Waals surface area (Å²) in [5.74, 6) is 0.970. The predicted molar refractivity (Wildman–Crippen MR) is 127 cm³/mol. The maximum Gasteiger partial charge on any atom is -0.0443 e. The predicted octanol–water partition coefficient (Wildman–Crippen LogP) is 10.6. The summed E-state index contributed by atoms with van der Waals surface area (Å²) in [7, 11) is 0. The highest BCUT2D eigenvalue weighted by molar-refractivity contribution is 4.56. The molecule has 0 nitrogen and oxygen atoms in total. The lowest BCUT2D eigenvalue weighted by Crippen LogP contribution is -1.95. The Morgan fingerprint density at radius 1 is 0.333 bits per heavy atom. The first kappa shape index (κ1) is 27.0. The lowest BCUT2D eigenvalue weighted by atomic mass is 9.95. The molecule has 0 aromatic rings. The first-order valence-electron chi connectivity index (χ1n) is 13.3. The monoisotopic (exact) mass is 380 g/mol. The molecule has 0 heteroatoms. The van der Waals surface area contributed by atoms with Gasteiger partial charge in [-0.15, -0.1) is 0 Å². The Kier molecular flexibility index (Phi) is 24.0. The van der Waals surface area contributed by atoms with Gasteiger partial charge in [0.15, 0.2) is 0 Å². The SMILES string of the molecule is CCCCCCCCCCCCCCCCC(C)CCCCCCCCC. The van der Waals surface area contributed by atoms with Crippen LogP contribution in [-0.4, -0.2) is 0 Å². The fraction of sp³-hybridized carbons (Fsp3) is 1.00. The minimum absolute atomic E-state index is 0.970. The molecule has 0 aliphatic carbocycles. The molecule has 0 radical (unpaired) electrons. The Bertz CT molecular complexity index is 244. The molecule has 0 aliphatic rings. The minimum Gasteiger partial charge on any atom is -0.0654 e. The molecule has 0 spiro atoms. The first-order chi connectivity index (χ1) is 13.3. The van der Waals surface area contributed by atoms with Gasteiger partial charge >= 0.3 is 0 Å². The normalized spacial score (nSPS) is 12.6. The van der Waals surface area contributed by atoms with E-state index in [1.165, 1.54) is 148 Å². The fourth-order valence-electron chi connectivity index (χ4n) is 4.28. The van der Waals surface area contributed by atoms with E-state index >= 15 is 0 Å². The van der Waals surface area contributed by atoms with Crippen LogP contribution in [0.15, 0.2) is 0 Å². The molecular weight excluding hydrogens is 324 g/mol. The summed E-state index contributed by atoms with van der Waals surface area (Å²) >= 11 is 0. The van der Waals surface area contributed by atoms with Gasteiger partial charge in [0.25, 0.3) is 0 Å². The number of unbranched alkanes of at least 4 members (excludes halogenated alkanes) is 19. The molecule has 1 unspecified atom stereocenters. The maximum absolute atomic E-state index is 2.49. The van der Waals surface area contributed by atoms with E-state index in [1.807, 2.05) is 0 Å². The third-order valence-electron chi connectivity index (χ3n) is 6.35. The molecule has 0 heterocycles. The van der Waals surface area contributed by atoms with Gasteiger partial charge in [0.1, 0.15) is 0 Å². The van der Waals surface area contributed by atoms with E-state index < -0.39 is 0 Å². The van der Waals surface area contributed by atoms with Crippen molar-refractivity contribution in [2.75, 3.05) is 0 Å². The van der Waals surface area contributed by atoms with Crippen LogP contribution in [0.3, 0.4) is 0 Å². The second-order valence-electron chi connectivity index (χ2n) is 9.40. The molecule has 0 N–H and O–H groups in total. The van der Waals surface area contributed by atoms with Gasteiger partial charge < -0.3 is 0 Å². The van der Waals surface area contributed by atoms with Crippen LogP contribution >= 0.6 is 0 Å². The van der Waals surface area contributed by atoms with Crippen molar-refractivity contribution in [3.8, 4) is 0 Å². The van der Waals surface area contributed by atoms with Gasteiger partial charge in [-0.05, 0) is 5.92 Å². The summed E-state index contributed by atoms with van der Waals surface area (Å²) in [4.78, 5) is 0. The zero-order valence-electron chi connectivity index (χ0n) is 19.8. The highest BCUT2D eigenvalue weighted by atomic mass is 14.1. The second kappa shape index (κ2) is 24.0. The Hall–Kier alpha value is 0. The van der Waals surface area contributed by atoms with E-state index in [1.54, 1.807) is 0 Å². The summed E-state index contributed by atoms with van der Waals surface area (Å²) < 4.78 is 0. The van der Waals surface area contributed by atoms with E-state index in [0.717, 1.165) is 5.92 Å². The second-order valence-corrected chi connectivity index (χ2v) is 9.40. The van der Waals surface area contributed by atoms with E-state index in [-0.39, 0.29) is 0 Å². The molecule has 27 heavy (non-hydrogen) atoms. The third-order valence-corrected chi connectivity index (χ3v) is 6.35. The highest BCUT2D eigenvalue weighted by Gasteiger charge is 2.02. The van der Waals surface area contributed by atoms with Crippen LogP contribution in [0.2, 0.25) is 0 Å². The summed E-state index contributed by atoms with van der Waals surface area (Å²) in [6.07, 6.45) is 33.8. The lowest BCUT2D eigenvalue weighted by molar-refractivity contribution is 0.430. The molecule has 164 valence electrons. The fourth-order valence-corrected chi connectivity index (χ4v) is 4.28. The van der Waals surface area contributed by atoms with Crippen molar-refractivity contribution in [1.29, 1.82) is 0 Å². The number of rotatable bonds is 23. The van der Waals surface area contributed by atoms with Crippen molar-refractivity contribution in [2.45, 2.75) is 168 Å². The van der Waals surface area contributed by atoms with Crippen molar-refractivity contribution < 1.29 is 0 Å². The van der Waals surface area contributed by atoms with E-state index in [2.05, 4.69) is 20.8 Å². The quantitative estimate of drug-likeness (QED) is 0.155. The molecule has 0 bridgehead atoms. The average Bonchev–Trinajstić information content (AvgIpc) is 2.67. The smallest absolute Gasteiger partial charge is 0.0443 e. The molecular formula is C27H56. The summed E-state index contributed by atoms with van der Waals surface area (Å²) in [6, 6.07) is 0. The van der Waals surface area contributed by atoms with Gasteiger partial charge in [-0.1, -0.05) is 168 Å². The highest BCUT2D eigenvalue weighted by Crippen LogP contribution is 2.19. The molecule has 0 saturated heterocycles. The molecule has 0 aliphatic heterocycles. The summed E-state index contributed by atoms with van der Waals surface area (Å²) in [6.45, 7) is 7.09. The average molecular weight is 381 g/mol. The van der Waals surface area contributed by atoms with Crippen LogP contribution in [0.25, 0.3) is 0 Å². The van der Waals surface area contributed by atoms with E-state index in [9.17, 15) is 0 Å². The Labute approximate surface area is 174 Å². The Morgan fingerprint density at radius 3 is 0.815 bits per heavy atom. The Balaban J connectivity index is 3.10. The molecule has 0 amide bonds. The zero-order valence-corrected chi connectivity index (χ0v) is 19.8. The zero-order chi connectivity index (χ0) is 19.8. The van der Waals surface area contributed by atoms with Gasteiger partial charge in [0.05, 0.1) is 0 Å². The third kappa shape index (κ3) is 24.0. The summed E-state index contributed by atoms with van der Waals surface area (Å²) in [5.41, 5.74) is 0. The first-order valence-corrected chi connectivity index (χ1v) is 13.3. The standard InChI is InChI=1S/C27H56/c1-4-6-8-10-12-13-14-15-16-17-18-20-22-24-26-27(3)25-23-21-19-11-9-7-5-2/h27H,4-26H2,1-3H3. The van der Waals surface area contributed by atoms with Crippen molar-refractivity contribution in [3.63, 3.8) is 0 Å². The molecule has 0 saturated carbocycles. The van der Waals surface area contributed by atoms with Gasteiger partial charge in [0.2, 0.25) is 0 Å². The van der Waals surface area contributed by atoms with Gasteiger partial charge in [-0.2, -0.15) is 0 Å². The number of hydrogen-bond donors (Lipinski definition) is 0.